The first-order valence-electron chi connectivity index (χ1n) is 4.00. The van der Waals surface area contributed by atoms with Crippen LogP contribution in [0.25, 0.3) is 0 Å². The van der Waals surface area contributed by atoms with Crippen molar-refractivity contribution >= 4 is 11.9 Å². The Morgan fingerprint density at radius 1 is 1.33 bits per heavy atom. The third-order valence-electron chi connectivity index (χ3n) is 1.71. The molecule has 0 aliphatic carbocycles. The summed E-state index contributed by atoms with van der Waals surface area (Å²) >= 11 is 0. The van der Waals surface area contributed by atoms with Gasteiger partial charge in [-0.2, -0.15) is 8.78 Å². The molecule has 0 rings (SSSR count). The van der Waals surface area contributed by atoms with E-state index in [0.29, 0.717) is 0 Å². The van der Waals surface area contributed by atoms with Crippen LogP contribution < -0.4 is 5.11 Å². The molecule has 0 saturated carbocycles. The molecule has 15 heavy (non-hydrogen) atoms. The van der Waals surface area contributed by atoms with E-state index in [2.05, 4.69) is 11.3 Å². The van der Waals surface area contributed by atoms with Crippen LogP contribution in [0.2, 0.25) is 0 Å². The van der Waals surface area contributed by atoms with Crippen LogP contribution in [-0.2, 0) is 14.3 Å². The Morgan fingerprint density at radius 3 is 2.00 bits per heavy atom. The summed E-state index contributed by atoms with van der Waals surface area (Å²) in [6, 6.07) is 0. The molecule has 0 fully saturated rings. The Morgan fingerprint density at radius 2 is 1.73 bits per heavy atom. The molecule has 0 bridgehead atoms. The lowest BCUT2D eigenvalue weighted by Gasteiger charge is -2.33. The topological polar surface area (TPSA) is 66.4 Å². The molecule has 0 spiro atoms. The van der Waals surface area contributed by atoms with Crippen LogP contribution in [0.15, 0.2) is 12.2 Å². The van der Waals surface area contributed by atoms with Gasteiger partial charge in [0.05, 0.1) is 0 Å². The number of alkyl halides is 2. The van der Waals surface area contributed by atoms with Crippen LogP contribution in [0.3, 0.4) is 0 Å². The summed E-state index contributed by atoms with van der Waals surface area (Å²) in [5.41, 5.74) is -2.58. The van der Waals surface area contributed by atoms with Gasteiger partial charge in [0.25, 0.3) is 0 Å². The van der Waals surface area contributed by atoms with Crippen LogP contribution in [-0.4, -0.2) is 23.5 Å². The molecule has 0 saturated heterocycles. The fourth-order valence-corrected chi connectivity index (χ4v) is 0.629. The SMILES string of the molecule is C=C(C)C(=O)OC(C)(C)C(F)(F)C(=O)[O-]. The van der Waals surface area contributed by atoms with Gasteiger partial charge < -0.3 is 14.6 Å². The van der Waals surface area contributed by atoms with E-state index in [9.17, 15) is 23.5 Å². The monoisotopic (exact) mass is 221 g/mol. The number of carboxylic acids is 1. The van der Waals surface area contributed by atoms with Gasteiger partial charge in [0.1, 0.15) is 5.97 Å². The Bertz CT molecular complexity index is 307. The lowest BCUT2D eigenvalue weighted by atomic mass is 10.0. The molecule has 0 aromatic rings. The molecule has 0 atom stereocenters. The number of esters is 1. The van der Waals surface area contributed by atoms with E-state index in [1.807, 2.05) is 0 Å². The number of rotatable bonds is 4. The number of carbonyl (C=O) groups is 2. The summed E-state index contributed by atoms with van der Waals surface area (Å²) in [7, 11) is 0. The van der Waals surface area contributed by atoms with Crippen molar-refractivity contribution in [3.05, 3.63) is 12.2 Å². The van der Waals surface area contributed by atoms with E-state index in [-0.39, 0.29) is 5.57 Å². The molecule has 86 valence electrons. The van der Waals surface area contributed by atoms with E-state index < -0.39 is 23.5 Å². The standard InChI is InChI=1S/C9H12F2O4/c1-5(2)6(12)15-8(3,4)9(10,11)7(13)14/h1H2,2-4H3,(H,13,14)/p-1. The zero-order valence-electron chi connectivity index (χ0n) is 8.60. The first-order valence-corrected chi connectivity index (χ1v) is 4.00. The first-order chi connectivity index (χ1) is 6.52. The normalized spacial score (nSPS) is 12.1. The zero-order valence-corrected chi connectivity index (χ0v) is 8.60. The molecule has 0 unspecified atom stereocenters. The second-order valence-corrected chi connectivity index (χ2v) is 3.54. The van der Waals surface area contributed by atoms with Crippen LogP contribution >= 0.6 is 0 Å². The number of carboxylic acid groups (broad SMARTS) is 1. The van der Waals surface area contributed by atoms with Gasteiger partial charge in [0, 0.05) is 5.57 Å². The van der Waals surface area contributed by atoms with Gasteiger partial charge in [-0.25, -0.2) is 4.79 Å². The molecule has 6 heteroatoms. The zero-order chi connectivity index (χ0) is 12.4. The molecule has 0 amide bonds. The summed E-state index contributed by atoms with van der Waals surface area (Å²) in [5, 5.41) is 10.1. The molecular formula is C9H11F2O4-. The van der Waals surface area contributed by atoms with Gasteiger partial charge in [0.15, 0.2) is 5.60 Å². The minimum atomic E-state index is -4.27. The van der Waals surface area contributed by atoms with Crippen LogP contribution in [0.5, 0.6) is 0 Å². The largest absolute Gasteiger partial charge is 0.544 e. The van der Waals surface area contributed by atoms with E-state index in [1.165, 1.54) is 6.92 Å². The Balaban J connectivity index is 4.91. The van der Waals surface area contributed by atoms with Gasteiger partial charge in [-0.3, -0.25) is 0 Å². The van der Waals surface area contributed by atoms with Gasteiger partial charge in [-0.1, -0.05) is 6.58 Å². The lowest BCUT2D eigenvalue weighted by molar-refractivity contribution is -0.342. The molecule has 0 N–H and O–H groups in total. The Labute approximate surface area is 85.5 Å². The number of hydrogen-bond acceptors (Lipinski definition) is 4. The van der Waals surface area contributed by atoms with Crippen molar-refractivity contribution in [1.82, 2.24) is 0 Å². The van der Waals surface area contributed by atoms with E-state index in [1.54, 1.807) is 0 Å². The predicted octanol–water partition coefficient (Wildman–Crippen LogP) is 0.269. The van der Waals surface area contributed by atoms with Gasteiger partial charge >= 0.3 is 11.9 Å². The summed E-state index contributed by atoms with van der Waals surface area (Å²) in [6.45, 7) is 6.01. The average Bonchev–Trinajstić information content (AvgIpc) is 2.02. The van der Waals surface area contributed by atoms with E-state index >= 15 is 0 Å². The number of ether oxygens (including phenoxy) is 1. The maximum absolute atomic E-state index is 13.0. The predicted molar refractivity (Wildman–Crippen MR) is 44.9 cm³/mol. The van der Waals surface area contributed by atoms with Gasteiger partial charge in [-0.05, 0) is 20.8 Å². The fraction of sp³-hybridized carbons (Fsp3) is 0.556. The Kier molecular flexibility index (Phi) is 3.57. The van der Waals surface area contributed by atoms with Crippen molar-refractivity contribution in [2.24, 2.45) is 0 Å². The maximum Gasteiger partial charge on any atom is 0.333 e. The van der Waals surface area contributed by atoms with Crippen molar-refractivity contribution in [3.63, 3.8) is 0 Å². The Hall–Kier alpha value is -1.46. The summed E-state index contributed by atoms with van der Waals surface area (Å²) in [6.07, 6.45) is 0. The third kappa shape index (κ3) is 2.74. The third-order valence-corrected chi connectivity index (χ3v) is 1.71. The average molecular weight is 221 g/mol. The highest BCUT2D eigenvalue weighted by atomic mass is 19.3. The summed E-state index contributed by atoms with van der Waals surface area (Å²) < 4.78 is 30.3. The number of aliphatic carboxylic acids is 1. The van der Waals surface area contributed by atoms with Crippen molar-refractivity contribution < 1.29 is 28.2 Å². The summed E-state index contributed by atoms with van der Waals surface area (Å²) in [4.78, 5) is 21.1. The van der Waals surface area contributed by atoms with Crippen molar-refractivity contribution in [2.75, 3.05) is 0 Å². The molecule has 0 aliphatic rings. The minimum absolute atomic E-state index is 0.0998. The lowest BCUT2D eigenvalue weighted by Crippen LogP contribution is -2.57. The number of hydrogen-bond donors (Lipinski definition) is 0. The molecular weight excluding hydrogens is 210 g/mol. The summed E-state index contributed by atoms with van der Waals surface area (Å²) in [5.74, 6) is -7.94. The highest BCUT2D eigenvalue weighted by molar-refractivity contribution is 5.88. The van der Waals surface area contributed by atoms with Crippen LogP contribution in [0.1, 0.15) is 20.8 Å². The maximum atomic E-state index is 13.0. The minimum Gasteiger partial charge on any atom is -0.544 e. The van der Waals surface area contributed by atoms with Gasteiger partial charge in [-0.15, -0.1) is 0 Å². The smallest absolute Gasteiger partial charge is 0.333 e. The number of carbonyl (C=O) groups excluding carboxylic acids is 2. The highest BCUT2D eigenvalue weighted by Gasteiger charge is 2.51. The van der Waals surface area contributed by atoms with Crippen molar-refractivity contribution in [1.29, 1.82) is 0 Å². The van der Waals surface area contributed by atoms with Gasteiger partial charge in [0.2, 0.25) is 0 Å². The van der Waals surface area contributed by atoms with E-state index in [0.717, 1.165) is 13.8 Å². The van der Waals surface area contributed by atoms with Crippen LogP contribution in [0.4, 0.5) is 8.78 Å². The highest BCUT2D eigenvalue weighted by Crippen LogP contribution is 2.31. The second kappa shape index (κ2) is 3.96. The molecule has 0 aromatic carbocycles. The second-order valence-electron chi connectivity index (χ2n) is 3.54. The quantitative estimate of drug-likeness (QED) is 0.504. The molecule has 0 radical (unpaired) electrons. The molecule has 4 nitrogen and oxygen atoms in total. The van der Waals surface area contributed by atoms with E-state index in [4.69, 9.17) is 0 Å². The number of halogens is 2. The van der Waals surface area contributed by atoms with Crippen molar-refractivity contribution in [2.45, 2.75) is 32.3 Å². The first kappa shape index (κ1) is 13.5. The molecule has 0 aromatic heterocycles. The molecule has 0 aliphatic heterocycles. The fourth-order valence-electron chi connectivity index (χ4n) is 0.629. The molecule has 0 heterocycles. The van der Waals surface area contributed by atoms with Crippen LogP contribution in [0, 0.1) is 0 Å². The van der Waals surface area contributed by atoms with Crippen molar-refractivity contribution in [3.8, 4) is 0 Å².